The Hall–Kier alpha value is -1.28. The van der Waals surface area contributed by atoms with Crippen LogP contribution in [-0.4, -0.2) is 25.9 Å². The summed E-state index contributed by atoms with van der Waals surface area (Å²) in [4.78, 5) is 10.8. The lowest BCUT2D eigenvalue weighted by Crippen LogP contribution is -2.09. The number of primary amides is 1. The van der Waals surface area contributed by atoms with Crippen LogP contribution < -0.4 is 5.73 Å². The average Bonchev–Trinajstić information content (AvgIpc) is 2.70. The number of carbonyl (C=O) groups is 1. The predicted molar refractivity (Wildman–Crippen MR) is 53.2 cm³/mol. The lowest BCUT2D eigenvalue weighted by Gasteiger charge is -1.89. The molecule has 2 aromatic rings. The molecular formula is C6H4BrN5OS. The van der Waals surface area contributed by atoms with Gasteiger partial charge in [0.15, 0.2) is 3.92 Å². The summed E-state index contributed by atoms with van der Waals surface area (Å²) in [7, 11) is 0. The van der Waals surface area contributed by atoms with Crippen LogP contribution >= 0.6 is 27.3 Å². The smallest absolute Gasteiger partial charge is 0.251 e. The third kappa shape index (κ3) is 1.66. The first-order valence-electron chi connectivity index (χ1n) is 3.50. The number of rotatable bonds is 2. The molecule has 1 amide bonds. The number of nitrogens with zero attached hydrogens (tertiary/aromatic N) is 4. The van der Waals surface area contributed by atoms with Crippen LogP contribution in [0.1, 0.15) is 10.4 Å². The van der Waals surface area contributed by atoms with Crippen molar-refractivity contribution in [3.05, 3.63) is 21.9 Å². The van der Waals surface area contributed by atoms with E-state index in [1.807, 2.05) is 0 Å². The van der Waals surface area contributed by atoms with Crippen molar-refractivity contribution in [2.75, 3.05) is 0 Å². The largest absolute Gasteiger partial charge is 0.366 e. The fraction of sp³-hybridized carbons (Fsp3) is 0. The van der Waals surface area contributed by atoms with E-state index < -0.39 is 5.91 Å². The van der Waals surface area contributed by atoms with Crippen molar-refractivity contribution in [3.63, 3.8) is 0 Å². The van der Waals surface area contributed by atoms with Gasteiger partial charge in [0.1, 0.15) is 0 Å². The van der Waals surface area contributed by atoms with Gasteiger partial charge in [-0.2, -0.15) is 5.10 Å². The van der Waals surface area contributed by atoms with Gasteiger partial charge in [-0.1, -0.05) is 11.3 Å². The van der Waals surface area contributed by atoms with Gasteiger partial charge in [-0.15, -0.1) is 10.2 Å². The van der Waals surface area contributed by atoms with Gasteiger partial charge in [-0.05, 0) is 15.9 Å². The van der Waals surface area contributed by atoms with Crippen LogP contribution in [0.15, 0.2) is 16.3 Å². The van der Waals surface area contributed by atoms with E-state index in [1.54, 1.807) is 0 Å². The van der Waals surface area contributed by atoms with Crippen molar-refractivity contribution >= 4 is 33.2 Å². The summed E-state index contributed by atoms with van der Waals surface area (Å²) in [6, 6.07) is 0. The number of hydrogen-bond acceptors (Lipinski definition) is 5. The molecule has 8 heteroatoms. The number of amides is 1. The van der Waals surface area contributed by atoms with E-state index in [-0.39, 0.29) is 0 Å². The molecule has 0 radical (unpaired) electrons. The first-order valence-corrected chi connectivity index (χ1v) is 5.11. The molecule has 2 rings (SSSR count). The topological polar surface area (TPSA) is 86.7 Å². The van der Waals surface area contributed by atoms with Crippen LogP contribution in [-0.2, 0) is 0 Å². The first kappa shape index (κ1) is 9.28. The Kier molecular flexibility index (Phi) is 2.30. The molecule has 14 heavy (non-hydrogen) atoms. The second-order valence-corrected chi connectivity index (χ2v) is 4.61. The second kappa shape index (κ2) is 3.46. The van der Waals surface area contributed by atoms with Crippen molar-refractivity contribution < 1.29 is 4.79 Å². The summed E-state index contributed by atoms with van der Waals surface area (Å²) in [6.45, 7) is 0. The second-order valence-electron chi connectivity index (χ2n) is 2.38. The number of hydrogen-bond donors (Lipinski definition) is 1. The molecular weight excluding hydrogens is 270 g/mol. The van der Waals surface area contributed by atoms with Gasteiger partial charge in [0.25, 0.3) is 5.91 Å². The monoisotopic (exact) mass is 273 g/mol. The quantitative estimate of drug-likeness (QED) is 0.868. The van der Waals surface area contributed by atoms with Crippen LogP contribution in [0.3, 0.4) is 0 Å². The van der Waals surface area contributed by atoms with Crippen molar-refractivity contribution in [1.29, 1.82) is 0 Å². The zero-order valence-electron chi connectivity index (χ0n) is 6.72. The van der Waals surface area contributed by atoms with Gasteiger partial charge in [0.2, 0.25) is 5.13 Å². The lowest BCUT2D eigenvalue weighted by atomic mass is 10.4. The number of halogens is 1. The SMILES string of the molecule is NC(=O)c1cnn(-c2nnc(Br)s2)c1. The summed E-state index contributed by atoms with van der Waals surface area (Å²) in [5.74, 6) is -0.514. The molecule has 0 spiro atoms. The minimum absolute atomic E-state index is 0.344. The Morgan fingerprint density at radius 3 is 2.86 bits per heavy atom. The van der Waals surface area contributed by atoms with E-state index in [1.165, 1.54) is 28.4 Å². The average molecular weight is 274 g/mol. The standard InChI is InChI=1S/C6H4BrN5OS/c7-5-10-11-6(14-5)12-2-3(1-9-12)4(8)13/h1-2H,(H2,8,13). The molecule has 0 unspecified atom stereocenters. The maximum Gasteiger partial charge on any atom is 0.251 e. The Morgan fingerprint density at radius 1 is 1.57 bits per heavy atom. The van der Waals surface area contributed by atoms with Gasteiger partial charge in [-0.3, -0.25) is 4.79 Å². The van der Waals surface area contributed by atoms with E-state index in [2.05, 4.69) is 31.2 Å². The van der Waals surface area contributed by atoms with Crippen LogP contribution in [0.5, 0.6) is 0 Å². The van der Waals surface area contributed by atoms with Crippen LogP contribution in [0.25, 0.3) is 5.13 Å². The van der Waals surface area contributed by atoms with E-state index >= 15 is 0 Å². The Bertz CT molecular complexity index is 478. The maximum atomic E-state index is 10.8. The number of nitrogens with two attached hydrogens (primary N) is 1. The number of aromatic nitrogens is 4. The molecule has 72 valence electrons. The highest BCUT2D eigenvalue weighted by Crippen LogP contribution is 2.18. The van der Waals surface area contributed by atoms with Gasteiger partial charge in [0.05, 0.1) is 11.8 Å². The highest BCUT2D eigenvalue weighted by molar-refractivity contribution is 9.11. The zero-order chi connectivity index (χ0) is 10.1. The molecule has 2 N–H and O–H groups in total. The molecule has 0 aromatic carbocycles. The molecule has 2 heterocycles. The fourth-order valence-corrected chi connectivity index (χ4v) is 1.87. The number of carbonyl (C=O) groups excluding carboxylic acids is 1. The summed E-state index contributed by atoms with van der Waals surface area (Å²) < 4.78 is 2.10. The Labute approximate surface area is 90.9 Å². The third-order valence-electron chi connectivity index (χ3n) is 1.45. The van der Waals surface area contributed by atoms with E-state index in [0.29, 0.717) is 14.6 Å². The molecule has 0 saturated heterocycles. The van der Waals surface area contributed by atoms with Crippen molar-refractivity contribution in [1.82, 2.24) is 20.0 Å². The molecule has 2 aromatic heterocycles. The van der Waals surface area contributed by atoms with Crippen molar-refractivity contribution in [2.45, 2.75) is 0 Å². The predicted octanol–water partition coefficient (Wildman–Crippen LogP) is 0.585. The first-order chi connectivity index (χ1) is 6.66. The van der Waals surface area contributed by atoms with E-state index in [9.17, 15) is 4.79 Å². The normalized spacial score (nSPS) is 10.4. The summed E-state index contributed by atoms with van der Waals surface area (Å²) in [5.41, 5.74) is 5.42. The fourth-order valence-electron chi connectivity index (χ4n) is 0.845. The van der Waals surface area contributed by atoms with Gasteiger partial charge in [-0.25, -0.2) is 4.68 Å². The van der Waals surface area contributed by atoms with Crippen LogP contribution in [0.4, 0.5) is 0 Å². The maximum absolute atomic E-state index is 10.8. The van der Waals surface area contributed by atoms with Gasteiger partial charge in [0, 0.05) is 6.20 Å². The minimum atomic E-state index is -0.514. The van der Waals surface area contributed by atoms with E-state index in [4.69, 9.17) is 5.73 Å². The van der Waals surface area contributed by atoms with Gasteiger partial charge >= 0.3 is 0 Å². The Morgan fingerprint density at radius 2 is 2.36 bits per heavy atom. The minimum Gasteiger partial charge on any atom is -0.366 e. The molecule has 6 nitrogen and oxygen atoms in total. The van der Waals surface area contributed by atoms with Crippen molar-refractivity contribution in [3.8, 4) is 5.13 Å². The molecule has 0 aliphatic heterocycles. The third-order valence-corrected chi connectivity index (χ3v) is 2.80. The summed E-state index contributed by atoms with van der Waals surface area (Å²) in [5, 5.41) is 12.1. The summed E-state index contributed by atoms with van der Waals surface area (Å²) in [6.07, 6.45) is 2.90. The Balaban J connectivity index is 2.38. The van der Waals surface area contributed by atoms with Crippen molar-refractivity contribution in [2.24, 2.45) is 5.73 Å². The molecule has 0 fully saturated rings. The summed E-state index contributed by atoms with van der Waals surface area (Å²) >= 11 is 4.49. The molecule has 0 bridgehead atoms. The van der Waals surface area contributed by atoms with Crippen LogP contribution in [0, 0.1) is 0 Å². The van der Waals surface area contributed by atoms with Gasteiger partial charge < -0.3 is 5.73 Å². The van der Waals surface area contributed by atoms with E-state index in [0.717, 1.165) is 0 Å². The molecule has 0 aliphatic rings. The lowest BCUT2D eigenvalue weighted by molar-refractivity contribution is 0.100. The van der Waals surface area contributed by atoms with Crippen LogP contribution in [0.2, 0.25) is 0 Å². The highest BCUT2D eigenvalue weighted by atomic mass is 79.9. The highest BCUT2D eigenvalue weighted by Gasteiger charge is 2.08. The zero-order valence-corrected chi connectivity index (χ0v) is 9.12. The molecule has 0 aliphatic carbocycles. The molecule has 0 saturated carbocycles. The molecule has 0 atom stereocenters.